The summed E-state index contributed by atoms with van der Waals surface area (Å²) in [5.74, 6) is 1.12. The molecule has 6 nitrogen and oxygen atoms in total. The molecule has 1 unspecified atom stereocenters. The highest BCUT2D eigenvalue weighted by Crippen LogP contribution is 2.26. The molecule has 1 atom stereocenters. The first-order chi connectivity index (χ1) is 13.7. The summed E-state index contributed by atoms with van der Waals surface area (Å²) in [4.78, 5) is 31.5. The van der Waals surface area contributed by atoms with Crippen LogP contribution in [-0.2, 0) is 16.0 Å². The number of fused-ring (bicyclic) bond motifs is 1. The van der Waals surface area contributed by atoms with Crippen LogP contribution in [0.2, 0.25) is 0 Å². The second-order valence-electron chi connectivity index (χ2n) is 8.33. The van der Waals surface area contributed by atoms with E-state index in [4.69, 9.17) is 0 Å². The van der Waals surface area contributed by atoms with E-state index >= 15 is 0 Å². The first-order valence-corrected chi connectivity index (χ1v) is 10.8. The van der Waals surface area contributed by atoms with Crippen LogP contribution in [0.4, 0.5) is 5.69 Å². The summed E-state index contributed by atoms with van der Waals surface area (Å²) in [7, 11) is 0. The summed E-state index contributed by atoms with van der Waals surface area (Å²) in [5.41, 5.74) is 2.35. The van der Waals surface area contributed by atoms with E-state index in [1.165, 1.54) is 12.0 Å². The molecule has 28 heavy (non-hydrogen) atoms. The number of nitrogens with one attached hydrogen (secondary N) is 1. The van der Waals surface area contributed by atoms with Crippen molar-refractivity contribution in [1.29, 1.82) is 0 Å². The zero-order valence-corrected chi connectivity index (χ0v) is 16.7. The number of nitrogens with zero attached hydrogens (tertiary/aromatic N) is 3. The van der Waals surface area contributed by atoms with Gasteiger partial charge >= 0.3 is 0 Å². The summed E-state index contributed by atoms with van der Waals surface area (Å²) in [6.07, 6.45) is 4.94. The van der Waals surface area contributed by atoms with Crippen LogP contribution < -0.4 is 10.2 Å². The lowest BCUT2D eigenvalue weighted by Crippen LogP contribution is -2.52. The molecule has 2 saturated heterocycles. The van der Waals surface area contributed by atoms with Gasteiger partial charge in [0, 0.05) is 44.8 Å². The lowest BCUT2D eigenvalue weighted by atomic mass is 10.0. The van der Waals surface area contributed by atoms with Gasteiger partial charge in [-0.15, -0.1) is 0 Å². The van der Waals surface area contributed by atoms with Gasteiger partial charge in [0.15, 0.2) is 0 Å². The number of rotatable bonds is 5. The smallest absolute Gasteiger partial charge is 0.241 e. The standard InChI is InChI=1S/C22H32N4O2/c27-21(8-7-18-9-10-23-16-18)25-14-12-24(13-15-25)17-22(28)26-11-3-5-19-4-1-2-6-20(19)26/h1-2,4,6,18,23H,3,5,7-17H2. The molecule has 1 aromatic rings. The van der Waals surface area contributed by atoms with Crippen molar-refractivity contribution >= 4 is 17.5 Å². The number of amides is 2. The van der Waals surface area contributed by atoms with E-state index in [-0.39, 0.29) is 11.8 Å². The normalized spacial score (nSPS) is 22.9. The van der Waals surface area contributed by atoms with Gasteiger partial charge in [-0.2, -0.15) is 0 Å². The fourth-order valence-corrected chi connectivity index (χ4v) is 4.67. The third kappa shape index (κ3) is 4.55. The Hall–Kier alpha value is -1.92. The van der Waals surface area contributed by atoms with E-state index < -0.39 is 0 Å². The maximum atomic E-state index is 12.9. The highest BCUT2D eigenvalue weighted by atomic mass is 16.2. The van der Waals surface area contributed by atoms with E-state index in [1.54, 1.807) is 0 Å². The number of carbonyl (C=O) groups excluding carboxylic acids is 2. The Bertz CT molecular complexity index is 694. The molecular weight excluding hydrogens is 352 g/mol. The number of piperazine rings is 1. The molecule has 2 fully saturated rings. The van der Waals surface area contributed by atoms with Crippen molar-refractivity contribution in [2.45, 2.75) is 32.1 Å². The summed E-state index contributed by atoms with van der Waals surface area (Å²) in [6.45, 7) is 6.47. The largest absolute Gasteiger partial charge is 0.340 e. The van der Waals surface area contributed by atoms with Crippen molar-refractivity contribution in [3.63, 3.8) is 0 Å². The van der Waals surface area contributed by atoms with Gasteiger partial charge in [0.1, 0.15) is 0 Å². The van der Waals surface area contributed by atoms with Crippen molar-refractivity contribution in [2.75, 3.05) is 57.3 Å². The number of carbonyl (C=O) groups is 2. The summed E-state index contributed by atoms with van der Waals surface area (Å²) >= 11 is 0. The van der Waals surface area contributed by atoms with Crippen LogP contribution in [0.5, 0.6) is 0 Å². The maximum absolute atomic E-state index is 12.9. The minimum atomic E-state index is 0.181. The summed E-state index contributed by atoms with van der Waals surface area (Å²) < 4.78 is 0. The first-order valence-electron chi connectivity index (χ1n) is 10.8. The average Bonchev–Trinajstić information content (AvgIpc) is 3.26. The molecule has 152 valence electrons. The quantitative estimate of drug-likeness (QED) is 0.836. The predicted octanol–water partition coefficient (Wildman–Crippen LogP) is 1.50. The summed E-state index contributed by atoms with van der Waals surface area (Å²) in [5, 5.41) is 3.37. The van der Waals surface area contributed by atoms with Gasteiger partial charge in [0.25, 0.3) is 0 Å². The number of hydrogen-bond donors (Lipinski definition) is 1. The van der Waals surface area contributed by atoms with Gasteiger partial charge in [-0.1, -0.05) is 18.2 Å². The predicted molar refractivity (Wildman–Crippen MR) is 110 cm³/mol. The molecule has 1 aromatic carbocycles. The molecule has 4 rings (SSSR count). The van der Waals surface area contributed by atoms with E-state index in [0.717, 1.165) is 70.8 Å². The van der Waals surface area contributed by atoms with Gasteiger partial charge in [0.05, 0.1) is 6.54 Å². The van der Waals surface area contributed by atoms with Gasteiger partial charge in [0.2, 0.25) is 11.8 Å². The Balaban J connectivity index is 1.23. The van der Waals surface area contributed by atoms with Crippen LogP contribution in [0.15, 0.2) is 24.3 Å². The molecule has 3 aliphatic heterocycles. The van der Waals surface area contributed by atoms with Crippen LogP contribution in [0, 0.1) is 5.92 Å². The monoisotopic (exact) mass is 384 g/mol. The highest BCUT2D eigenvalue weighted by molar-refractivity contribution is 5.96. The Morgan fingerprint density at radius 3 is 2.64 bits per heavy atom. The minimum Gasteiger partial charge on any atom is -0.340 e. The molecule has 0 spiro atoms. The van der Waals surface area contributed by atoms with Crippen LogP contribution in [0.25, 0.3) is 0 Å². The summed E-state index contributed by atoms with van der Waals surface area (Å²) in [6, 6.07) is 8.24. The number of aryl methyl sites for hydroxylation is 1. The molecule has 0 bridgehead atoms. The Morgan fingerprint density at radius 1 is 1.04 bits per heavy atom. The Morgan fingerprint density at radius 2 is 1.86 bits per heavy atom. The Labute approximate surface area is 167 Å². The van der Waals surface area contributed by atoms with E-state index in [1.807, 2.05) is 21.9 Å². The molecular formula is C22H32N4O2. The van der Waals surface area contributed by atoms with Gasteiger partial charge < -0.3 is 15.1 Å². The number of anilines is 1. The average molecular weight is 385 g/mol. The number of para-hydroxylation sites is 1. The third-order valence-corrected chi connectivity index (χ3v) is 6.42. The van der Waals surface area contributed by atoms with E-state index in [0.29, 0.717) is 18.9 Å². The zero-order valence-electron chi connectivity index (χ0n) is 16.7. The van der Waals surface area contributed by atoms with E-state index in [9.17, 15) is 9.59 Å². The SMILES string of the molecule is O=C(CCC1CCNC1)N1CCN(CC(=O)N2CCCc3ccccc32)CC1. The minimum absolute atomic E-state index is 0.181. The zero-order chi connectivity index (χ0) is 19.3. The van der Waals surface area contributed by atoms with Crippen molar-refractivity contribution < 1.29 is 9.59 Å². The lowest BCUT2D eigenvalue weighted by molar-refractivity contribution is -0.133. The molecule has 0 aromatic heterocycles. The fraction of sp³-hybridized carbons (Fsp3) is 0.636. The van der Waals surface area contributed by atoms with Gasteiger partial charge in [-0.05, 0) is 56.3 Å². The molecule has 6 heteroatoms. The third-order valence-electron chi connectivity index (χ3n) is 6.42. The first kappa shape index (κ1) is 19.4. The molecule has 2 amide bonds. The Kier molecular flexibility index (Phi) is 6.27. The van der Waals surface area contributed by atoms with Crippen LogP contribution in [-0.4, -0.2) is 74.0 Å². The van der Waals surface area contributed by atoms with Gasteiger partial charge in [-0.3, -0.25) is 14.5 Å². The molecule has 3 heterocycles. The number of hydrogen-bond acceptors (Lipinski definition) is 4. The van der Waals surface area contributed by atoms with Gasteiger partial charge in [-0.25, -0.2) is 0 Å². The van der Waals surface area contributed by atoms with Crippen molar-refractivity contribution in [3.05, 3.63) is 29.8 Å². The molecule has 0 aliphatic carbocycles. The molecule has 0 radical (unpaired) electrons. The molecule has 0 saturated carbocycles. The van der Waals surface area contributed by atoms with Crippen molar-refractivity contribution in [1.82, 2.24) is 15.1 Å². The lowest BCUT2D eigenvalue weighted by Gasteiger charge is -2.36. The maximum Gasteiger partial charge on any atom is 0.241 e. The number of benzene rings is 1. The molecule has 3 aliphatic rings. The van der Waals surface area contributed by atoms with E-state index in [2.05, 4.69) is 22.3 Å². The van der Waals surface area contributed by atoms with Crippen LogP contribution in [0.3, 0.4) is 0 Å². The fourth-order valence-electron chi connectivity index (χ4n) is 4.67. The van der Waals surface area contributed by atoms with Crippen LogP contribution >= 0.6 is 0 Å². The van der Waals surface area contributed by atoms with Crippen molar-refractivity contribution in [3.8, 4) is 0 Å². The topological polar surface area (TPSA) is 55.9 Å². The van der Waals surface area contributed by atoms with Crippen LogP contribution in [0.1, 0.15) is 31.2 Å². The highest BCUT2D eigenvalue weighted by Gasteiger charge is 2.27. The molecule has 1 N–H and O–H groups in total. The van der Waals surface area contributed by atoms with Crippen molar-refractivity contribution in [2.24, 2.45) is 5.92 Å². The second-order valence-corrected chi connectivity index (χ2v) is 8.33. The second kappa shape index (κ2) is 9.05.